The Bertz CT molecular complexity index is 831. The number of nitrogens with one attached hydrogen (secondary N) is 1. The molecule has 0 bridgehead atoms. The first-order valence-corrected chi connectivity index (χ1v) is 7.86. The third kappa shape index (κ3) is 7.49. The van der Waals surface area contributed by atoms with Crippen molar-refractivity contribution in [2.75, 3.05) is 19.9 Å². The minimum atomic E-state index is -0.789. The molecule has 0 aliphatic carbocycles. The van der Waals surface area contributed by atoms with Gasteiger partial charge in [-0.25, -0.2) is 14.4 Å². The molecule has 7 nitrogen and oxygen atoms in total. The summed E-state index contributed by atoms with van der Waals surface area (Å²) >= 11 is 0. The summed E-state index contributed by atoms with van der Waals surface area (Å²) in [7, 11) is 0. The summed E-state index contributed by atoms with van der Waals surface area (Å²) in [6, 6.07) is 12.8. The summed E-state index contributed by atoms with van der Waals surface area (Å²) in [5.74, 6) is -1.14. The van der Waals surface area contributed by atoms with E-state index >= 15 is 0 Å². The average Bonchev–Trinajstić information content (AvgIpc) is 2.64. The number of rotatable bonds is 7. The Morgan fingerprint density at radius 1 is 0.964 bits per heavy atom. The van der Waals surface area contributed by atoms with E-state index < -0.39 is 24.8 Å². The van der Waals surface area contributed by atoms with Crippen molar-refractivity contribution < 1.29 is 28.6 Å². The van der Waals surface area contributed by atoms with E-state index in [9.17, 15) is 14.4 Å². The van der Waals surface area contributed by atoms with Crippen molar-refractivity contribution in [3.63, 3.8) is 0 Å². The average molecular weight is 389 g/mol. The summed E-state index contributed by atoms with van der Waals surface area (Å²) in [6.45, 7) is 4.48. The van der Waals surface area contributed by atoms with Gasteiger partial charge in [-0.2, -0.15) is 0 Å². The van der Waals surface area contributed by atoms with Crippen LogP contribution in [0.25, 0.3) is 10.8 Å². The lowest BCUT2D eigenvalue weighted by molar-refractivity contribution is -0.138. The van der Waals surface area contributed by atoms with Crippen LogP contribution in [-0.2, 0) is 19.0 Å². The second-order valence-corrected chi connectivity index (χ2v) is 5.39. The number of carbonyl (C=O) groups is 3. The number of fused-ring (bicyclic) bond motifs is 1. The lowest BCUT2D eigenvalue weighted by Gasteiger charge is -2.08. The molecule has 2 aromatic carbocycles. The molecule has 0 radical (unpaired) electrons. The molecule has 0 heterocycles. The maximum Gasteiger partial charge on any atom is 0.410 e. The molecular weight excluding hydrogens is 362 g/mol. The van der Waals surface area contributed by atoms with Crippen molar-refractivity contribution in [1.82, 2.24) is 5.32 Å². The van der Waals surface area contributed by atoms with Gasteiger partial charge in [-0.1, -0.05) is 51.8 Å². The normalized spacial score (nSPS) is 9.32. The van der Waals surface area contributed by atoms with Gasteiger partial charge in [-0.3, -0.25) is 0 Å². The Morgan fingerprint density at radius 3 is 2.32 bits per heavy atom. The van der Waals surface area contributed by atoms with Gasteiger partial charge >= 0.3 is 18.0 Å². The highest BCUT2D eigenvalue weighted by atomic mass is 16.7. The summed E-state index contributed by atoms with van der Waals surface area (Å²) in [6.07, 6.45) is -0.789. The number of amides is 1. The summed E-state index contributed by atoms with van der Waals surface area (Å²) < 4.78 is 14.4. The lowest BCUT2D eigenvalue weighted by Crippen LogP contribution is -2.29. The van der Waals surface area contributed by atoms with Crippen LogP contribution < -0.4 is 5.32 Å². The van der Waals surface area contributed by atoms with Crippen molar-refractivity contribution >= 4 is 28.8 Å². The van der Waals surface area contributed by atoms with Crippen molar-refractivity contribution in [3.05, 3.63) is 60.2 Å². The molecule has 0 saturated heterocycles. The molecule has 0 aromatic heterocycles. The second-order valence-electron chi connectivity index (χ2n) is 5.39. The summed E-state index contributed by atoms with van der Waals surface area (Å²) in [5, 5.41) is 4.27. The predicted octanol–water partition coefficient (Wildman–Crippen LogP) is 4.07. The SMILES string of the molecule is C.C.C=C(C)C(=O)OCCNC(=O)OCOC(=O)c1ccc2ccccc2c1. The number of alkyl carbamates (subject to hydrolysis) is 1. The zero-order valence-corrected chi connectivity index (χ0v) is 14.3. The number of hydrogen-bond donors (Lipinski definition) is 1. The number of esters is 2. The van der Waals surface area contributed by atoms with Crippen LogP contribution in [-0.4, -0.2) is 38.0 Å². The Morgan fingerprint density at radius 2 is 1.64 bits per heavy atom. The molecule has 0 aliphatic rings. The lowest BCUT2D eigenvalue weighted by atomic mass is 10.1. The number of ether oxygens (including phenoxy) is 3. The molecule has 0 aliphatic heterocycles. The molecule has 2 rings (SSSR count). The first kappa shape index (κ1) is 24.7. The standard InChI is InChI=1S/C19H19NO6.2CH4/c1-13(2)17(21)24-10-9-20-19(23)26-12-25-18(22)16-8-7-14-5-3-4-6-15(14)11-16;;/h3-8,11H,1,9-10,12H2,2H3,(H,20,23);2*1H4. The fourth-order valence-electron chi connectivity index (χ4n) is 2.01. The van der Waals surface area contributed by atoms with Crippen LogP contribution in [0, 0.1) is 0 Å². The van der Waals surface area contributed by atoms with Crippen LogP contribution in [0.5, 0.6) is 0 Å². The number of benzene rings is 2. The molecule has 1 amide bonds. The van der Waals surface area contributed by atoms with Crippen molar-refractivity contribution in [1.29, 1.82) is 0 Å². The van der Waals surface area contributed by atoms with Crippen LogP contribution in [0.4, 0.5) is 4.79 Å². The second kappa shape index (κ2) is 12.1. The maximum atomic E-state index is 12.0. The van der Waals surface area contributed by atoms with Gasteiger partial charge in [0.05, 0.1) is 12.1 Å². The third-order valence-electron chi connectivity index (χ3n) is 3.32. The molecule has 0 fully saturated rings. The van der Waals surface area contributed by atoms with Gasteiger partial charge in [0.1, 0.15) is 6.61 Å². The first-order chi connectivity index (χ1) is 12.5. The molecule has 0 unspecified atom stereocenters. The van der Waals surface area contributed by atoms with Crippen LogP contribution in [0.15, 0.2) is 54.6 Å². The molecular formula is C21H27NO6. The van der Waals surface area contributed by atoms with Gasteiger partial charge in [-0.05, 0) is 29.8 Å². The Kier molecular flexibility index (Phi) is 10.7. The number of carbonyl (C=O) groups excluding carboxylic acids is 3. The quantitative estimate of drug-likeness (QED) is 0.332. The van der Waals surface area contributed by atoms with Crippen LogP contribution in [0.1, 0.15) is 32.1 Å². The number of hydrogen-bond acceptors (Lipinski definition) is 6. The van der Waals surface area contributed by atoms with Crippen molar-refractivity contribution in [3.8, 4) is 0 Å². The van der Waals surface area contributed by atoms with E-state index in [1.165, 1.54) is 6.92 Å². The van der Waals surface area contributed by atoms with Crippen molar-refractivity contribution in [2.45, 2.75) is 21.8 Å². The monoisotopic (exact) mass is 389 g/mol. The van der Waals surface area contributed by atoms with E-state index in [0.717, 1.165) is 10.8 Å². The van der Waals surface area contributed by atoms with E-state index in [4.69, 9.17) is 14.2 Å². The molecule has 7 heteroatoms. The zero-order valence-electron chi connectivity index (χ0n) is 14.3. The molecule has 152 valence electrons. The van der Waals surface area contributed by atoms with Gasteiger partial charge in [0.2, 0.25) is 6.79 Å². The summed E-state index contributed by atoms with van der Waals surface area (Å²) in [4.78, 5) is 34.5. The topological polar surface area (TPSA) is 90.9 Å². The minimum Gasteiger partial charge on any atom is -0.460 e. The van der Waals surface area contributed by atoms with E-state index in [-0.39, 0.29) is 33.6 Å². The largest absolute Gasteiger partial charge is 0.460 e. The molecule has 1 N–H and O–H groups in total. The van der Waals surface area contributed by atoms with E-state index in [1.54, 1.807) is 12.1 Å². The highest BCUT2D eigenvalue weighted by Crippen LogP contribution is 2.16. The van der Waals surface area contributed by atoms with E-state index in [0.29, 0.717) is 5.56 Å². The van der Waals surface area contributed by atoms with Gasteiger partial charge in [0, 0.05) is 5.57 Å². The van der Waals surface area contributed by atoms with Gasteiger partial charge in [0.15, 0.2) is 0 Å². The predicted molar refractivity (Wildman–Crippen MR) is 108 cm³/mol. The molecule has 0 saturated carbocycles. The Labute approximate surface area is 165 Å². The van der Waals surface area contributed by atoms with Crippen molar-refractivity contribution in [2.24, 2.45) is 0 Å². The van der Waals surface area contributed by atoms with Crippen LogP contribution >= 0.6 is 0 Å². The highest BCUT2D eigenvalue weighted by molar-refractivity contribution is 5.95. The van der Waals surface area contributed by atoms with E-state index in [2.05, 4.69) is 11.9 Å². The molecule has 28 heavy (non-hydrogen) atoms. The van der Waals surface area contributed by atoms with Crippen LogP contribution in [0.2, 0.25) is 0 Å². The van der Waals surface area contributed by atoms with Gasteiger partial charge in [-0.15, -0.1) is 0 Å². The van der Waals surface area contributed by atoms with Gasteiger partial charge < -0.3 is 19.5 Å². The zero-order chi connectivity index (χ0) is 18.9. The minimum absolute atomic E-state index is 0. The third-order valence-corrected chi connectivity index (χ3v) is 3.32. The highest BCUT2D eigenvalue weighted by Gasteiger charge is 2.10. The first-order valence-electron chi connectivity index (χ1n) is 7.86. The Balaban J connectivity index is 0.00000364. The molecule has 0 atom stereocenters. The maximum absolute atomic E-state index is 12.0. The smallest absolute Gasteiger partial charge is 0.410 e. The van der Waals surface area contributed by atoms with Crippen LogP contribution in [0.3, 0.4) is 0 Å². The fraction of sp³-hybridized carbons (Fsp3) is 0.286. The molecule has 0 spiro atoms. The molecule has 2 aromatic rings. The fourth-order valence-corrected chi connectivity index (χ4v) is 2.01. The summed E-state index contributed by atoms with van der Waals surface area (Å²) in [5.41, 5.74) is 0.632. The Hall–Kier alpha value is -3.35. The van der Waals surface area contributed by atoms with E-state index in [1.807, 2.05) is 30.3 Å². The van der Waals surface area contributed by atoms with Gasteiger partial charge in [0.25, 0.3) is 0 Å².